The van der Waals surface area contributed by atoms with Crippen LogP contribution in [0, 0.1) is 5.92 Å². The molecular formula is C19H21N3O3S. The summed E-state index contributed by atoms with van der Waals surface area (Å²) in [5.41, 5.74) is 0.743. The van der Waals surface area contributed by atoms with Crippen molar-refractivity contribution >= 4 is 34.9 Å². The molecule has 0 saturated carbocycles. The number of unbranched alkanes of at least 4 members (excludes halogenated alkanes) is 2. The van der Waals surface area contributed by atoms with Crippen LogP contribution in [-0.4, -0.2) is 35.0 Å². The minimum atomic E-state index is -0.580. The van der Waals surface area contributed by atoms with Crippen molar-refractivity contribution in [1.82, 2.24) is 10.2 Å². The average molecular weight is 371 g/mol. The number of carbonyl (C=O) groups is 3. The number of nitrogens with one attached hydrogen (secondary N) is 1. The lowest BCUT2D eigenvalue weighted by Gasteiger charge is -2.29. The van der Waals surface area contributed by atoms with Crippen molar-refractivity contribution in [2.24, 2.45) is 10.9 Å². The highest BCUT2D eigenvalue weighted by atomic mass is 32.1. The van der Waals surface area contributed by atoms with Crippen LogP contribution in [0.1, 0.15) is 31.1 Å². The van der Waals surface area contributed by atoms with Crippen LogP contribution >= 0.6 is 11.3 Å². The van der Waals surface area contributed by atoms with Gasteiger partial charge in [-0.25, -0.2) is 4.79 Å². The maximum Gasteiger partial charge on any atom is 0.350 e. The molecule has 1 unspecified atom stereocenters. The van der Waals surface area contributed by atoms with Crippen LogP contribution in [0.2, 0.25) is 0 Å². The molecule has 0 bridgehead atoms. The molecule has 26 heavy (non-hydrogen) atoms. The van der Waals surface area contributed by atoms with Gasteiger partial charge in [-0.1, -0.05) is 38.0 Å². The number of thiophene rings is 1. The Morgan fingerprint density at radius 2 is 2.19 bits per heavy atom. The molecule has 1 aliphatic carbocycles. The first-order chi connectivity index (χ1) is 12.6. The Morgan fingerprint density at radius 1 is 1.35 bits per heavy atom. The van der Waals surface area contributed by atoms with Crippen molar-refractivity contribution in [3.63, 3.8) is 0 Å². The molecule has 1 atom stereocenters. The van der Waals surface area contributed by atoms with Gasteiger partial charge in [0.05, 0.1) is 18.2 Å². The third-order valence-corrected chi connectivity index (χ3v) is 5.21. The predicted molar refractivity (Wildman–Crippen MR) is 101 cm³/mol. The van der Waals surface area contributed by atoms with Crippen molar-refractivity contribution in [2.75, 3.05) is 6.54 Å². The van der Waals surface area contributed by atoms with Gasteiger partial charge in [-0.2, -0.15) is 4.99 Å². The molecule has 0 fully saturated rings. The number of carbonyl (C=O) groups excluding carboxylic acids is 3. The molecule has 1 N–H and O–H groups in total. The van der Waals surface area contributed by atoms with Crippen molar-refractivity contribution < 1.29 is 14.4 Å². The predicted octanol–water partition coefficient (Wildman–Crippen LogP) is 3.07. The summed E-state index contributed by atoms with van der Waals surface area (Å²) in [6.07, 6.45) is 7.57. The normalized spacial score (nSPS) is 19.1. The fraction of sp³-hybridized carbons (Fsp3) is 0.368. The van der Waals surface area contributed by atoms with Crippen molar-refractivity contribution in [2.45, 2.75) is 32.7 Å². The van der Waals surface area contributed by atoms with Crippen LogP contribution in [0.5, 0.6) is 0 Å². The number of imide groups is 1. The molecule has 0 saturated heterocycles. The number of urea groups is 1. The molecule has 3 rings (SSSR count). The molecule has 1 aromatic rings. The highest BCUT2D eigenvalue weighted by Gasteiger charge is 2.36. The summed E-state index contributed by atoms with van der Waals surface area (Å²) < 4.78 is 0. The molecule has 0 spiro atoms. The van der Waals surface area contributed by atoms with Gasteiger partial charge in [-0.3, -0.25) is 14.5 Å². The number of rotatable bonds is 7. The first-order valence-corrected chi connectivity index (χ1v) is 9.62. The van der Waals surface area contributed by atoms with E-state index in [1.165, 1.54) is 11.0 Å². The molecule has 2 aliphatic rings. The average Bonchev–Trinajstić information content (AvgIpc) is 3.15. The highest BCUT2D eigenvalue weighted by Crippen LogP contribution is 2.23. The second-order valence-electron chi connectivity index (χ2n) is 6.21. The number of amides is 4. The van der Waals surface area contributed by atoms with Crippen LogP contribution < -0.4 is 5.32 Å². The van der Waals surface area contributed by atoms with Gasteiger partial charge in [-0.15, -0.1) is 11.3 Å². The number of allylic oxidation sites excluding steroid dienone is 1. The first kappa shape index (κ1) is 18.3. The van der Waals surface area contributed by atoms with Crippen LogP contribution in [0.25, 0.3) is 0 Å². The second kappa shape index (κ2) is 8.23. The maximum absolute atomic E-state index is 12.6. The topological polar surface area (TPSA) is 78.8 Å². The Labute approximate surface area is 156 Å². The molecule has 6 nitrogen and oxygen atoms in total. The summed E-state index contributed by atoms with van der Waals surface area (Å²) in [7, 11) is 0. The lowest BCUT2D eigenvalue weighted by molar-refractivity contribution is -0.129. The summed E-state index contributed by atoms with van der Waals surface area (Å²) in [4.78, 5) is 43.4. The Hall–Kier alpha value is -2.54. The quantitative estimate of drug-likeness (QED) is 0.748. The van der Waals surface area contributed by atoms with Crippen molar-refractivity contribution in [3.8, 4) is 0 Å². The van der Waals surface area contributed by atoms with Crippen LogP contribution in [0.15, 0.2) is 46.3 Å². The van der Waals surface area contributed by atoms with Crippen LogP contribution in [0.3, 0.4) is 0 Å². The number of nitrogens with zero attached hydrogens (tertiary/aromatic N) is 2. The lowest BCUT2D eigenvalue weighted by atomic mass is 9.91. The second-order valence-corrected chi connectivity index (χ2v) is 7.25. The molecule has 136 valence electrons. The minimum Gasteiger partial charge on any atom is -0.347 e. The van der Waals surface area contributed by atoms with Gasteiger partial charge in [0.2, 0.25) is 5.91 Å². The van der Waals surface area contributed by atoms with Crippen LogP contribution in [-0.2, 0) is 16.1 Å². The Morgan fingerprint density at radius 3 is 2.92 bits per heavy atom. The monoisotopic (exact) mass is 371 g/mol. The molecule has 4 amide bonds. The molecular weight excluding hydrogens is 350 g/mol. The van der Waals surface area contributed by atoms with E-state index in [9.17, 15) is 14.4 Å². The Bertz CT molecular complexity index is 793. The number of aliphatic imine (C=N–C) groups is 1. The van der Waals surface area contributed by atoms with E-state index in [0.29, 0.717) is 24.4 Å². The summed E-state index contributed by atoms with van der Waals surface area (Å²) >= 11 is 1.57. The fourth-order valence-corrected chi connectivity index (χ4v) is 3.53. The van der Waals surface area contributed by atoms with Crippen molar-refractivity contribution in [3.05, 3.63) is 46.2 Å². The smallest absolute Gasteiger partial charge is 0.347 e. The van der Waals surface area contributed by atoms with E-state index in [1.807, 2.05) is 17.5 Å². The van der Waals surface area contributed by atoms with Gasteiger partial charge >= 0.3 is 6.03 Å². The molecule has 1 aliphatic heterocycles. The SMILES string of the molecule is CCCCCN1C(=O)N=C2C=C(C(=O)NCc3cccs3)C=CC2C1=O. The van der Waals surface area contributed by atoms with Gasteiger partial charge in [0.25, 0.3) is 5.91 Å². The summed E-state index contributed by atoms with van der Waals surface area (Å²) in [5.74, 6) is -1.09. The number of fused-ring (bicyclic) bond motifs is 1. The molecule has 0 aromatic carbocycles. The van der Waals surface area contributed by atoms with Gasteiger partial charge in [0, 0.05) is 17.0 Å². The van der Waals surface area contributed by atoms with E-state index in [1.54, 1.807) is 23.5 Å². The summed E-state index contributed by atoms with van der Waals surface area (Å²) in [6.45, 7) is 2.90. The Balaban J connectivity index is 1.68. The van der Waals surface area contributed by atoms with Crippen molar-refractivity contribution in [1.29, 1.82) is 0 Å². The molecule has 2 heterocycles. The third kappa shape index (κ3) is 3.99. The zero-order chi connectivity index (χ0) is 18.5. The number of hydrogen-bond donors (Lipinski definition) is 1. The van der Waals surface area contributed by atoms with Gasteiger partial charge in [-0.05, 0) is 23.9 Å². The van der Waals surface area contributed by atoms with E-state index in [2.05, 4.69) is 17.2 Å². The van der Waals surface area contributed by atoms with Gasteiger partial charge in [0.1, 0.15) is 0 Å². The zero-order valence-corrected chi connectivity index (χ0v) is 15.4. The lowest BCUT2D eigenvalue weighted by Crippen LogP contribution is -2.46. The van der Waals surface area contributed by atoms with E-state index < -0.39 is 11.9 Å². The maximum atomic E-state index is 12.6. The fourth-order valence-electron chi connectivity index (χ4n) is 2.89. The molecule has 0 radical (unpaired) electrons. The van der Waals surface area contributed by atoms with Crippen LogP contribution in [0.4, 0.5) is 4.79 Å². The zero-order valence-electron chi connectivity index (χ0n) is 14.6. The number of hydrogen-bond acceptors (Lipinski definition) is 4. The molecule has 7 heteroatoms. The van der Waals surface area contributed by atoms with E-state index in [0.717, 1.165) is 24.1 Å². The standard InChI is InChI=1S/C19H21N3O3S/c1-2-3-4-9-22-18(24)15-8-7-13(11-16(15)21-19(22)25)17(23)20-12-14-6-5-10-26-14/h5-8,10-11,15H,2-4,9,12H2,1H3,(H,20,23). The minimum absolute atomic E-state index is 0.249. The van der Waals surface area contributed by atoms with E-state index in [4.69, 9.17) is 0 Å². The Kier molecular flexibility index (Phi) is 5.78. The summed E-state index contributed by atoms with van der Waals surface area (Å²) in [6, 6.07) is 3.33. The van der Waals surface area contributed by atoms with Gasteiger partial charge < -0.3 is 5.32 Å². The van der Waals surface area contributed by atoms with E-state index >= 15 is 0 Å². The first-order valence-electron chi connectivity index (χ1n) is 8.74. The highest BCUT2D eigenvalue weighted by molar-refractivity contribution is 7.09. The summed E-state index contributed by atoms with van der Waals surface area (Å²) in [5, 5.41) is 4.78. The largest absolute Gasteiger partial charge is 0.350 e. The molecule has 1 aromatic heterocycles. The van der Waals surface area contributed by atoms with Gasteiger partial charge in [0.15, 0.2) is 0 Å². The third-order valence-electron chi connectivity index (χ3n) is 4.33. The van der Waals surface area contributed by atoms with E-state index in [-0.39, 0.29) is 11.8 Å².